The van der Waals surface area contributed by atoms with Crippen molar-refractivity contribution in [1.82, 2.24) is 10.6 Å². The van der Waals surface area contributed by atoms with Crippen molar-refractivity contribution in [3.05, 3.63) is 58.3 Å². The smallest absolute Gasteiger partial charge is 0.329 e. The number of rotatable bonds is 7. The van der Waals surface area contributed by atoms with E-state index in [1.165, 1.54) is 11.3 Å². The molecular formula is C17H17N3O5S. The average molecular weight is 375 g/mol. The van der Waals surface area contributed by atoms with Crippen LogP contribution in [0.3, 0.4) is 0 Å². The van der Waals surface area contributed by atoms with Crippen LogP contribution >= 0.6 is 11.3 Å². The van der Waals surface area contributed by atoms with E-state index in [4.69, 9.17) is 10.5 Å². The molecule has 1 aromatic carbocycles. The van der Waals surface area contributed by atoms with Crippen molar-refractivity contribution in [3.63, 3.8) is 0 Å². The summed E-state index contributed by atoms with van der Waals surface area (Å²) in [6, 6.07) is 10.4. The summed E-state index contributed by atoms with van der Waals surface area (Å²) >= 11 is 1.24. The normalized spacial score (nSPS) is 11.2. The van der Waals surface area contributed by atoms with E-state index in [1.54, 1.807) is 47.1 Å². The number of nitrogens with one attached hydrogen (secondary N) is 2. The Morgan fingerprint density at radius 2 is 1.81 bits per heavy atom. The van der Waals surface area contributed by atoms with Crippen LogP contribution in [0.4, 0.5) is 4.79 Å². The highest BCUT2D eigenvalue weighted by Crippen LogP contribution is 2.10. The monoisotopic (exact) mass is 375 g/mol. The molecule has 0 bridgehead atoms. The lowest BCUT2D eigenvalue weighted by Crippen LogP contribution is -2.45. The Morgan fingerprint density at radius 3 is 2.42 bits per heavy atom. The van der Waals surface area contributed by atoms with Crippen LogP contribution in [0.25, 0.3) is 0 Å². The summed E-state index contributed by atoms with van der Waals surface area (Å²) < 4.78 is 4.89. The van der Waals surface area contributed by atoms with Gasteiger partial charge in [0.05, 0.1) is 4.88 Å². The van der Waals surface area contributed by atoms with Crippen molar-refractivity contribution >= 4 is 35.2 Å². The highest BCUT2D eigenvalue weighted by atomic mass is 32.1. The van der Waals surface area contributed by atoms with Gasteiger partial charge in [-0.2, -0.15) is 0 Å². The Hall–Kier alpha value is -3.20. The van der Waals surface area contributed by atoms with Crippen LogP contribution in [0.1, 0.15) is 15.2 Å². The number of urea groups is 1. The SMILES string of the molecule is NC(=O)NC(=O)COC(=O)[C@H](Cc1ccccc1)NC(=O)c1cccs1. The molecule has 1 heterocycles. The number of benzene rings is 1. The van der Waals surface area contributed by atoms with Gasteiger partial charge >= 0.3 is 12.0 Å². The lowest BCUT2D eigenvalue weighted by molar-refractivity contribution is -0.150. The molecule has 2 aromatic rings. The lowest BCUT2D eigenvalue weighted by Gasteiger charge is -2.17. The molecule has 2 rings (SSSR count). The maximum atomic E-state index is 12.3. The third kappa shape index (κ3) is 6.02. The van der Waals surface area contributed by atoms with Gasteiger partial charge in [0.1, 0.15) is 6.04 Å². The Kier molecular flexibility index (Phi) is 6.86. The van der Waals surface area contributed by atoms with E-state index in [9.17, 15) is 19.2 Å². The van der Waals surface area contributed by atoms with E-state index in [-0.39, 0.29) is 6.42 Å². The number of thiophene rings is 1. The van der Waals surface area contributed by atoms with Crippen molar-refractivity contribution in [2.45, 2.75) is 12.5 Å². The fourth-order valence-electron chi connectivity index (χ4n) is 2.09. The zero-order valence-corrected chi connectivity index (χ0v) is 14.5. The van der Waals surface area contributed by atoms with Crippen LogP contribution in [0, 0.1) is 0 Å². The van der Waals surface area contributed by atoms with E-state index in [0.29, 0.717) is 4.88 Å². The van der Waals surface area contributed by atoms with E-state index >= 15 is 0 Å². The summed E-state index contributed by atoms with van der Waals surface area (Å²) in [5.74, 6) is -2.06. The summed E-state index contributed by atoms with van der Waals surface area (Å²) in [6.45, 7) is -0.679. The highest BCUT2D eigenvalue weighted by Gasteiger charge is 2.24. The van der Waals surface area contributed by atoms with E-state index < -0.39 is 36.5 Å². The van der Waals surface area contributed by atoms with Crippen molar-refractivity contribution < 1.29 is 23.9 Å². The largest absolute Gasteiger partial charge is 0.454 e. The van der Waals surface area contributed by atoms with Gasteiger partial charge in [-0.15, -0.1) is 11.3 Å². The minimum Gasteiger partial charge on any atom is -0.454 e. The molecule has 0 unspecified atom stereocenters. The number of hydrogen-bond acceptors (Lipinski definition) is 6. The second-order valence-electron chi connectivity index (χ2n) is 5.21. The highest BCUT2D eigenvalue weighted by molar-refractivity contribution is 7.12. The van der Waals surface area contributed by atoms with Gasteiger partial charge in [-0.05, 0) is 17.0 Å². The summed E-state index contributed by atoms with van der Waals surface area (Å²) in [6.07, 6.45) is 0.189. The molecule has 0 saturated carbocycles. The van der Waals surface area contributed by atoms with E-state index in [2.05, 4.69) is 5.32 Å². The minimum atomic E-state index is -1.04. The Bertz CT molecular complexity index is 777. The number of nitrogens with two attached hydrogens (primary N) is 1. The molecule has 1 atom stereocenters. The van der Waals surface area contributed by atoms with Crippen molar-refractivity contribution in [2.75, 3.05) is 6.61 Å². The van der Waals surface area contributed by atoms with Gasteiger partial charge in [-0.1, -0.05) is 36.4 Å². The van der Waals surface area contributed by atoms with Crippen LogP contribution in [-0.4, -0.2) is 36.5 Å². The first kappa shape index (κ1) is 19.1. The van der Waals surface area contributed by atoms with Crippen molar-refractivity contribution in [1.29, 1.82) is 0 Å². The molecule has 0 spiro atoms. The molecule has 4 amide bonds. The topological polar surface area (TPSA) is 128 Å². The van der Waals surface area contributed by atoms with E-state index in [0.717, 1.165) is 5.56 Å². The minimum absolute atomic E-state index is 0.189. The molecule has 136 valence electrons. The molecule has 8 nitrogen and oxygen atoms in total. The van der Waals surface area contributed by atoms with Gasteiger partial charge < -0.3 is 15.8 Å². The molecule has 26 heavy (non-hydrogen) atoms. The number of amides is 4. The molecule has 1 aromatic heterocycles. The zero-order chi connectivity index (χ0) is 18.9. The van der Waals surface area contributed by atoms with Crippen molar-refractivity contribution in [3.8, 4) is 0 Å². The molecular weight excluding hydrogens is 358 g/mol. The predicted octanol–water partition coefficient (Wildman–Crippen LogP) is 0.827. The zero-order valence-electron chi connectivity index (χ0n) is 13.6. The number of carbonyl (C=O) groups is 4. The van der Waals surface area contributed by atoms with Crippen LogP contribution in [0.15, 0.2) is 47.8 Å². The summed E-state index contributed by atoms with van der Waals surface area (Å²) in [4.78, 5) is 47.0. The third-order valence-electron chi connectivity index (χ3n) is 3.23. The number of imide groups is 1. The Balaban J connectivity index is 2.03. The first-order valence-corrected chi connectivity index (χ1v) is 8.48. The number of hydrogen-bond donors (Lipinski definition) is 3. The molecule has 0 aliphatic carbocycles. The van der Waals surface area contributed by atoms with Gasteiger partial charge in [-0.25, -0.2) is 9.59 Å². The molecule has 0 aliphatic rings. The third-order valence-corrected chi connectivity index (χ3v) is 4.09. The maximum absolute atomic E-state index is 12.3. The van der Waals surface area contributed by atoms with Gasteiger partial charge in [0, 0.05) is 6.42 Å². The Labute approximate surface area is 153 Å². The van der Waals surface area contributed by atoms with Gasteiger partial charge in [0.25, 0.3) is 11.8 Å². The molecule has 0 aliphatic heterocycles. The maximum Gasteiger partial charge on any atom is 0.329 e. The standard InChI is InChI=1S/C17H17N3O5S/c18-17(24)20-14(21)10-25-16(23)12(9-11-5-2-1-3-6-11)19-15(22)13-7-4-8-26-13/h1-8,12H,9-10H2,(H,19,22)(H3,18,20,21,24)/t12-/m0/s1. The molecule has 9 heteroatoms. The van der Waals surface area contributed by atoms with E-state index in [1.807, 2.05) is 6.07 Å². The summed E-state index contributed by atoms with van der Waals surface area (Å²) in [5.41, 5.74) is 5.62. The Morgan fingerprint density at radius 1 is 1.08 bits per heavy atom. The molecule has 0 saturated heterocycles. The summed E-state index contributed by atoms with van der Waals surface area (Å²) in [7, 11) is 0. The first-order valence-electron chi connectivity index (χ1n) is 7.60. The second kappa shape index (κ2) is 9.33. The molecule has 0 radical (unpaired) electrons. The van der Waals surface area contributed by atoms with Crippen LogP contribution in [0.5, 0.6) is 0 Å². The van der Waals surface area contributed by atoms with Crippen LogP contribution < -0.4 is 16.4 Å². The fourth-order valence-corrected chi connectivity index (χ4v) is 2.72. The molecule has 0 fully saturated rings. The average Bonchev–Trinajstić information content (AvgIpc) is 3.14. The lowest BCUT2D eigenvalue weighted by atomic mass is 10.1. The number of carbonyl (C=O) groups excluding carboxylic acids is 4. The van der Waals surface area contributed by atoms with Crippen LogP contribution in [0.2, 0.25) is 0 Å². The number of ether oxygens (including phenoxy) is 1. The fraction of sp³-hybridized carbons (Fsp3) is 0.176. The second-order valence-corrected chi connectivity index (χ2v) is 6.16. The number of esters is 1. The van der Waals surface area contributed by atoms with Crippen molar-refractivity contribution in [2.24, 2.45) is 5.73 Å². The first-order chi connectivity index (χ1) is 12.5. The van der Waals surface area contributed by atoms with Gasteiger partial charge in [-0.3, -0.25) is 14.9 Å². The molecule has 4 N–H and O–H groups in total. The number of primary amides is 1. The summed E-state index contributed by atoms with van der Waals surface area (Å²) in [5, 5.41) is 6.14. The van der Waals surface area contributed by atoms with Crippen LogP contribution in [-0.2, 0) is 20.7 Å². The quantitative estimate of drug-likeness (QED) is 0.618. The predicted molar refractivity (Wildman–Crippen MR) is 94.4 cm³/mol. The van der Waals surface area contributed by atoms with Gasteiger partial charge in [0.2, 0.25) is 0 Å². The van der Waals surface area contributed by atoms with Gasteiger partial charge in [0.15, 0.2) is 6.61 Å².